The van der Waals surface area contributed by atoms with Gasteiger partial charge in [0.05, 0.1) is 11.1 Å². The summed E-state index contributed by atoms with van der Waals surface area (Å²) in [6.45, 7) is 1.74. The average Bonchev–Trinajstić information content (AvgIpc) is 2.51. The van der Waals surface area contributed by atoms with Crippen molar-refractivity contribution < 1.29 is 13.2 Å². The Kier molecular flexibility index (Phi) is 3.85. The van der Waals surface area contributed by atoms with Crippen LogP contribution in [0.2, 0.25) is 5.15 Å². The Labute approximate surface area is 134 Å². The van der Waals surface area contributed by atoms with Crippen LogP contribution in [0.1, 0.15) is 12.5 Å². The SMILES string of the molecule is CCc1cn(-c2ccc(F)cc2F)c2nc(Cl)c(F)cc2c1=O. The molecule has 0 spiro atoms. The zero-order valence-electron chi connectivity index (χ0n) is 11.9. The highest BCUT2D eigenvalue weighted by atomic mass is 35.5. The summed E-state index contributed by atoms with van der Waals surface area (Å²) < 4.78 is 42.2. The number of nitrogens with zero attached hydrogens (tertiary/aromatic N) is 2. The van der Waals surface area contributed by atoms with Crippen molar-refractivity contribution in [3.8, 4) is 5.69 Å². The first-order chi connectivity index (χ1) is 10.9. The van der Waals surface area contributed by atoms with Gasteiger partial charge in [-0.1, -0.05) is 18.5 Å². The van der Waals surface area contributed by atoms with Crippen LogP contribution in [0.3, 0.4) is 0 Å². The van der Waals surface area contributed by atoms with E-state index in [0.29, 0.717) is 12.0 Å². The smallest absolute Gasteiger partial charge is 0.194 e. The number of benzene rings is 1. The first-order valence-corrected chi connectivity index (χ1v) is 7.16. The zero-order chi connectivity index (χ0) is 16.7. The van der Waals surface area contributed by atoms with Crippen LogP contribution < -0.4 is 5.43 Å². The van der Waals surface area contributed by atoms with E-state index < -0.39 is 28.0 Å². The second-order valence-electron chi connectivity index (χ2n) is 4.93. The molecule has 2 aromatic heterocycles. The molecule has 0 aliphatic rings. The van der Waals surface area contributed by atoms with Crippen LogP contribution in [0.4, 0.5) is 13.2 Å². The minimum Gasteiger partial charge on any atom is -0.298 e. The molecule has 3 nitrogen and oxygen atoms in total. The number of rotatable bonds is 2. The Morgan fingerprint density at radius 2 is 1.91 bits per heavy atom. The van der Waals surface area contributed by atoms with Crippen LogP contribution in [-0.2, 0) is 6.42 Å². The minimum atomic E-state index is -0.837. The van der Waals surface area contributed by atoms with Crippen LogP contribution in [0.15, 0.2) is 35.3 Å². The van der Waals surface area contributed by atoms with Gasteiger partial charge in [0.25, 0.3) is 0 Å². The summed E-state index contributed by atoms with van der Waals surface area (Å²) in [6, 6.07) is 3.99. The van der Waals surface area contributed by atoms with Gasteiger partial charge in [-0.3, -0.25) is 9.36 Å². The summed E-state index contributed by atoms with van der Waals surface area (Å²) >= 11 is 5.68. The molecule has 0 atom stereocenters. The van der Waals surface area contributed by atoms with Gasteiger partial charge in [0.2, 0.25) is 0 Å². The molecule has 0 unspecified atom stereocenters. The number of pyridine rings is 2. The van der Waals surface area contributed by atoms with Gasteiger partial charge >= 0.3 is 0 Å². The van der Waals surface area contributed by atoms with Crippen molar-refractivity contribution in [1.82, 2.24) is 9.55 Å². The minimum absolute atomic E-state index is 0.00380. The van der Waals surface area contributed by atoms with Crippen LogP contribution in [0.25, 0.3) is 16.7 Å². The summed E-state index contributed by atoms with van der Waals surface area (Å²) in [6.07, 6.45) is 1.77. The Hall–Kier alpha value is -2.34. The number of hydrogen-bond acceptors (Lipinski definition) is 2. The molecule has 0 amide bonds. The largest absolute Gasteiger partial charge is 0.298 e. The maximum Gasteiger partial charge on any atom is 0.194 e. The third kappa shape index (κ3) is 2.59. The van der Waals surface area contributed by atoms with Crippen molar-refractivity contribution in [2.75, 3.05) is 0 Å². The molecule has 0 saturated heterocycles. The second kappa shape index (κ2) is 5.70. The van der Waals surface area contributed by atoms with E-state index in [1.165, 1.54) is 16.8 Å². The summed E-state index contributed by atoms with van der Waals surface area (Å²) in [7, 11) is 0. The molecule has 1 aromatic carbocycles. The lowest BCUT2D eigenvalue weighted by Crippen LogP contribution is -2.15. The molecule has 0 radical (unpaired) electrons. The van der Waals surface area contributed by atoms with Crippen molar-refractivity contribution in [3.63, 3.8) is 0 Å². The molecular weight excluding hydrogens is 329 g/mol. The molecule has 3 aromatic rings. The maximum atomic E-state index is 14.1. The Balaban J connectivity index is 2.46. The summed E-state index contributed by atoms with van der Waals surface area (Å²) in [4.78, 5) is 16.2. The highest BCUT2D eigenvalue weighted by Gasteiger charge is 2.16. The Morgan fingerprint density at radius 1 is 1.17 bits per heavy atom. The normalized spacial score (nSPS) is 11.2. The predicted molar refractivity (Wildman–Crippen MR) is 81.6 cm³/mol. The number of aromatic nitrogens is 2. The number of aryl methyl sites for hydroxylation is 1. The first-order valence-electron chi connectivity index (χ1n) is 6.78. The standard InChI is InChI=1S/C16H10ClF3N2O/c1-2-8-7-22(13-4-3-9(18)5-11(13)19)16-10(14(8)23)6-12(20)15(17)21-16/h3-7H,2H2,1H3. The highest BCUT2D eigenvalue weighted by Crippen LogP contribution is 2.23. The third-order valence-corrected chi connectivity index (χ3v) is 3.78. The molecule has 0 aliphatic carbocycles. The van der Waals surface area contributed by atoms with Crippen LogP contribution in [-0.4, -0.2) is 9.55 Å². The van der Waals surface area contributed by atoms with Crippen molar-refractivity contribution in [2.24, 2.45) is 0 Å². The van der Waals surface area contributed by atoms with E-state index in [-0.39, 0.29) is 16.7 Å². The monoisotopic (exact) mass is 338 g/mol. The van der Waals surface area contributed by atoms with Gasteiger partial charge in [0.1, 0.15) is 17.3 Å². The lowest BCUT2D eigenvalue weighted by Gasteiger charge is -2.13. The van der Waals surface area contributed by atoms with Crippen molar-refractivity contribution in [2.45, 2.75) is 13.3 Å². The molecule has 23 heavy (non-hydrogen) atoms. The molecule has 7 heteroatoms. The van der Waals surface area contributed by atoms with Crippen molar-refractivity contribution in [1.29, 1.82) is 0 Å². The molecule has 0 aliphatic heterocycles. The molecule has 118 valence electrons. The average molecular weight is 339 g/mol. The van der Waals surface area contributed by atoms with Gasteiger partial charge in [0.15, 0.2) is 16.4 Å². The lowest BCUT2D eigenvalue weighted by molar-refractivity contribution is 0.578. The maximum absolute atomic E-state index is 14.1. The summed E-state index contributed by atoms with van der Waals surface area (Å²) in [5.41, 5.74) is -0.0560. The van der Waals surface area contributed by atoms with E-state index in [1.54, 1.807) is 6.92 Å². The van der Waals surface area contributed by atoms with Gasteiger partial charge in [0, 0.05) is 17.8 Å². The van der Waals surface area contributed by atoms with E-state index in [9.17, 15) is 18.0 Å². The fourth-order valence-electron chi connectivity index (χ4n) is 2.37. The highest BCUT2D eigenvalue weighted by molar-refractivity contribution is 6.29. The molecule has 0 bridgehead atoms. The van der Waals surface area contributed by atoms with E-state index in [0.717, 1.165) is 18.2 Å². The molecular formula is C16H10ClF3N2O. The molecule has 0 saturated carbocycles. The topological polar surface area (TPSA) is 34.9 Å². The lowest BCUT2D eigenvalue weighted by atomic mass is 10.1. The van der Waals surface area contributed by atoms with Crippen molar-refractivity contribution in [3.05, 3.63) is 68.9 Å². The molecule has 0 fully saturated rings. The van der Waals surface area contributed by atoms with Crippen LogP contribution >= 0.6 is 11.6 Å². The van der Waals surface area contributed by atoms with Gasteiger partial charge in [-0.15, -0.1) is 0 Å². The predicted octanol–water partition coefficient (Wildman–Crippen LogP) is 4.02. The van der Waals surface area contributed by atoms with E-state index in [1.807, 2.05) is 0 Å². The molecule has 0 N–H and O–H groups in total. The number of halogens is 4. The zero-order valence-corrected chi connectivity index (χ0v) is 12.7. The second-order valence-corrected chi connectivity index (χ2v) is 5.29. The van der Waals surface area contributed by atoms with Crippen LogP contribution in [0.5, 0.6) is 0 Å². The fraction of sp³-hybridized carbons (Fsp3) is 0.125. The number of fused-ring (bicyclic) bond motifs is 1. The van der Waals surface area contributed by atoms with Crippen molar-refractivity contribution >= 4 is 22.6 Å². The van der Waals surface area contributed by atoms with E-state index >= 15 is 0 Å². The quantitative estimate of drug-likeness (QED) is 0.661. The summed E-state index contributed by atoms with van der Waals surface area (Å²) in [5, 5.41) is -0.451. The van der Waals surface area contributed by atoms with Gasteiger partial charge in [-0.05, 0) is 24.6 Å². The first kappa shape index (κ1) is 15.6. The molecule has 2 heterocycles. The van der Waals surface area contributed by atoms with E-state index in [2.05, 4.69) is 4.98 Å². The van der Waals surface area contributed by atoms with Gasteiger partial charge < -0.3 is 0 Å². The van der Waals surface area contributed by atoms with Gasteiger partial charge in [-0.25, -0.2) is 18.2 Å². The molecule has 3 rings (SSSR count). The Morgan fingerprint density at radius 3 is 2.57 bits per heavy atom. The fourth-order valence-corrected chi connectivity index (χ4v) is 2.50. The summed E-state index contributed by atoms with van der Waals surface area (Å²) in [5.74, 6) is -2.40. The van der Waals surface area contributed by atoms with E-state index in [4.69, 9.17) is 11.6 Å². The third-order valence-electron chi connectivity index (χ3n) is 3.51. The number of hydrogen-bond donors (Lipinski definition) is 0. The van der Waals surface area contributed by atoms with Crippen LogP contribution in [0, 0.1) is 17.5 Å². The Bertz CT molecular complexity index is 985. The van der Waals surface area contributed by atoms with Gasteiger partial charge in [-0.2, -0.15) is 0 Å².